The second-order valence-corrected chi connectivity index (χ2v) is 15.0. The van der Waals surface area contributed by atoms with Gasteiger partial charge in [-0.15, -0.1) is 0 Å². The van der Waals surface area contributed by atoms with Crippen LogP contribution in [-0.2, 0) is 22.4 Å². The van der Waals surface area contributed by atoms with Gasteiger partial charge in [0, 0.05) is 23.3 Å². The van der Waals surface area contributed by atoms with Crippen molar-refractivity contribution in [1.82, 2.24) is 0 Å². The molecule has 8 aromatic carbocycles. The van der Waals surface area contributed by atoms with E-state index in [1.165, 1.54) is 23.3 Å². The fraction of sp³-hybridized carbons (Fsp3) is 0.107. The van der Waals surface area contributed by atoms with E-state index in [-0.39, 0.29) is 0 Å². The molecule has 60 heavy (non-hydrogen) atoms. The van der Waals surface area contributed by atoms with Crippen LogP contribution in [0.5, 0.6) is 11.5 Å². The molecular formula is C56H46O4. The summed E-state index contributed by atoms with van der Waals surface area (Å²) < 4.78 is 12.3. The molecule has 0 fully saturated rings. The van der Waals surface area contributed by atoms with Crippen molar-refractivity contribution < 1.29 is 19.1 Å². The molecule has 0 radical (unpaired) electrons. The summed E-state index contributed by atoms with van der Waals surface area (Å²) in [5, 5.41) is 3.62. The van der Waals surface area contributed by atoms with Gasteiger partial charge in [-0.25, -0.2) is 9.59 Å². The van der Waals surface area contributed by atoms with Crippen molar-refractivity contribution in [2.24, 2.45) is 0 Å². The SMILES string of the molecule is CCCc1ccc(-c2ccc(/C=C/C(=O)Oc3ccc4ccccc4c3-c3c(OC(=O)/C=C/c4ccc(-c5ccc(CCC)cc5)cc4)ccc4ccccc34)cc2)cc1. The Bertz CT molecular complexity index is 2630. The van der Waals surface area contributed by atoms with Gasteiger partial charge in [-0.1, -0.05) is 184 Å². The van der Waals surface area contributed by atoms with E-state index in [1.54, 1.807) is 24.3 Å². The van der Waals surface area contributed by atoms with Gasteiger partial charge in [0.25, 0.3) is 0 Å². The summed E-state index contributed by atoms with van der Waals surface area (Å²) in [6.07, 6.45) is 10.8. The van der Waals surface area contributed by atoms with Gasteiger partial charge >= 0.3 is 11.9 Å². The number of hydrogen-bond acceptors (Lipinski definition) is 4. The van der Waals surface area contributed by atoms with Gasteiger partial charge in [-0.3, -0.25) is 0 Å². The Hall–Kier alpha value is -7.30. The summed E-state index contributed by atoms with van der Waals surface area (Å²) in [6, 6.07) is 56.9. The number of fused-ring (bicyclic) bond motifs is 2. The Kier molecular flexibility index (Phi) is 12.2. The van der Waals surface area contributed by atoms with E-state index in [2.05, 4.69) is 86.6 Å². The Balaban J connectivity index is 1.05. The molecule has 0 heterocycles. The van der Waals surface area contributed by atoms with E-state index in [0.29, 0.717) is 22.6 Å². The molecule has 0 atom stereocenters. The summed E-state index contributed by atoms with van der Waals surface area (Å²) in [4.78, 5) is 27.1. The van der Waals surface area contributed by atoms with Gasteiger partial charge in [-0.05, 0) is 103 Å². The molecule has 294 valence electrons. The van der Waals surface area contributed by atoms with Gasteiger partial charge < -0.3 is 9.47 Å². The number of carbonyl (C=O) groups is 2. The number of hydrogen-bond donors (Lipinski definition) is 0. The first-order valence-electron chi connectivity index (χ1n) is 20.7. The van der Waals surface area contributed by atoms with Crippen molar-refractivity contribution in [3.8, 4) is 44.9 Å². The van der Waals surface area contributed by atoms with Crippen LogP contribution in [0.3, 0.4) is 0 Å². The first-order valence-corrected chi connectivity index (χ1v) is 20.7. The Labute approximate surface area is 352 Å². The lowest BCUT2D eigenvalue weighted by molar-refractivity contribution is -0.129. The van der Waals surface area contributed by atoms with Crippen LogP contribution in [0.4, 0.5) is 0 Å². The third-order valence-corrected chi connectivity index (χ3v) is 10.7. The number of aryl methyl sites for hydroxylation is 2. The maximum atomic E-state index is 13.6. The van der Waals surface area contributed by atoms with Gasteiger partial charge in [0.2, 0.25) is 0 Å². The first kappa shape index (κ1) is 39.5. The van der Waals surface area contributed by atoms with E-state index in [4.69, 9.17) is 9.47 Å². The van der Waals surface area contributed by atoms with Crippen molar-refractivity contribution >= 4 is 45.6 Å². The molecule has 0 aliphatic carbocycles. The minimum absolute atomic E-state index is 0.356. The van der Waals surface area contributed by atoms with Crippen molar-refractivity contribution in [1.29, 1.82) is 0 Å². The topological polar surface area (TPSA) is 52.6 Å². The molecule has 8 aromatic rings. The summed E-state index contributed by atoms with van der Waals surface area (Å²) in [5.41, 5.74) is 10.3. The van der Waals surface area contributed by atoms with Gasteiger partial charge in [0.1, 0.15) is 11.5 Å². The molecular weight excluding hydrogens is 737 g/mol. The predicted octanol–water partition coefficient (Wildman–Crippen LogP) is 14.1. The molecule has 0 N–H and O–H groups in total. The van der Waals surface area contributed by atoms with Crippen molar-refractivity contribution in [2.75, 3.05) is 0 Å². The van der Waals surface area contributed by atoms with Crippen molar-refractivity contribution in [3.63, 3.8) is 0 Å². The average molecular weight is 783 g/mol. The van der Waals surface area contributed by atoms with Crippen LogP contribution in [0.2, 0.25) is 0 Å². The minimum atomic E-state index is -0.525. The second kappa shape index (κ2) is 18.5. The first-order chi connectivity index (χ1) is 29.4. The van der Waals surface area contributed by atoms with Crippen LogP contribution in [0.15, 0.2) is 182 Å². The Morgan fingerprint density at radius 3 is 1.13 bits per heavy atom. The second-order valence-electron chi connectivity index (χ2n) is 15.0. The Morgan fingerprint density at radius 1 is 0.417 bits per heavy atom. The van der Waals surface area contributed by atoms with Crippen LogP contribution >= 0.6 is 0 Å². The van der Waals surface area contributed by atoms with Gasteiger partial charge in [-0.2, -0.15) is 0 Å². The standard InChI is InChI=1S/C56H46O4/c1-3-9-39-15-25-43(26-16-39)45-29-19-41(20-30-45)23-37-53(57)59-51-35-33-47-11-5-7-13-49(47)55(51)56-50-14-8-6-12-48(50)34-36-52(56)60-54(58)38-24-42-21-31-46(32-22-42)44-27-17-40(10-4-2)18-28-44/h5-8,11-38H,3-4,9-10H2,1-2H3/b37-23+,38-24+. The number of rotatable bonds is 13. The number of carbonyl (C=O) groups excluding carboxylic acids is 2. The molecule has 0 unspecified atom stereocenters. The molecule has 4 nitrogen and oxygen atoms in total. The highest BCUT2D eigenvalue weighted by Gasteiger charge is 2.21. The zero-order valence-electron chi connectivity index (χ0n) is 33.9. The predicted molar refractivity (Wildman–Crippen MR) is 248 cm³/mol. The molecule has 0 spiro atoms. The van der Waals surface area contributed by atoms with Crippen LogP contribution in [0.1, 0.15) is 48.9 Å². The molecule has 0 aromatic heterocycles. The van der Waals surface area contributed by atoms with Crippen LogP contribution in [0.25, 0.3) is 67.1 Å². The molecule has 0 saturated carbocycles. The van der Waals surface area contributed by atoms with E-state index >= 15 is 0 Å². The molecule has 8 rings (SSSR count). The molecule has 0 bridgehead atoms. The third-order valence-electron chi connectivity index (χ3n) is 10.7. The van der Waals surface area contributed by atoms with Crippen molar-refractivity contribution in [3.05, 3.63) is 204 Å². The van der Waals surface area contributed by atoms with Crippen LogP contribution < -0.4 is 9.47 Å². The summed E-state index contributed by atoms with van der Waals surface area (Å²) >= 11 is 0. The average Bonchev–Trinajstić information content (AvgIpc) is 3.29. The smallest absolute Gasteiger partial charge is 0.336 e. The largest absolute Gasteiger partial charge is 0.423 e. The third kappa shape index (κ3) is 9.20. The summed E-state index contributed by atoms with van der Waals surface area (Å²) in [5.74, 6) is -0.337. The molecule has 0 saturated heterocycles. The van der Waals surface area contributed by atoms with E-state index < -0.39 is 11.9 Å². The van der Waals surface area contributed by atoms with E-state index in [9.17, 15) is 9.59 Å². The van der Waals surface area contributed by atoms with Gasteiger partial charge in [0.15, 0.2) is 0 Å². The quantitative estimate of drug-likeness (QED) is 0.0664. The number of benzene rings is 8. The zero-order valence-corrected chi connectivity index (χ0v) is 33.9. The fourth-order valence-corrected chi connectivity index (χ4v) is 7.68. The normalized spacial score (nSPS) is 11.4. The van der Waals surface area contributed by atoms with Crippen LogP contribution in [0, 0.1) is 0 Å². The van der Waals surface area contributed by atoms with Gasteiger partial charge in [0.05, 0.1) is 0 Å². The lowest BCUT2D eigenvalue weighted by Gasteiger charge is -2.18. The molecule has 0 amide bonds. The highest BCUT2D eigenvalue weighted by Crippen LogP contribution is 2.45. The summed E-state index contributed by atoms with van der Waals surface area (Å²) in [7, 11) is 0. The Morgan fingerprint density at radius 2 is 0.767 bits per heavy atom. The summed E-state index contributed by atoms with van der Waals surface area (Å²) in [6.45, 7) is 4.37. The fourth-order valence-electron chi connectivity index (χ4n) is 7.68. The number of esters is 2. The maximum Gasteiger partial charge on any atom is 0.336 e. The maximum absolute atomic E-state index is 13.6. The number of ether oxygens (including phenoxy) is 2. The van der Waals surface area contributed by atoms with Crippen molar-refractivity contribution in [2.45, 2.75) is 39.5 Å². The van der Waals surface area contributed by atoms with E-state index in [0.717, 1.165) is 80.6 Å². The van der Waals surface area contributed by atoms with Crippen LogP contribution in [-0.4, -0.2) is 11.9 Å². The lowest BCUT2D eigenvalue weighted by atomic mass is 9.92. The highest BCUT2D eigenvalue weighted by atomic mass is 16.5. The minimum Gasteiger partial charge on any atom is -0.423 e. The lowest BCUT2D eigenvalue weighted by Crippen LogP contribution is -2.07. The zero-order chi connectivity index (χ0) is 41.3. The van der Waals surface area contributed by atoms with E-state index in [1.807, 2.05) is 84.9 Å². The molecule has 4 heteroatoms. The highest BCUT2D eigenvalue weighted by molar-refractivity contribution is 6.11. The monoisotopic (exact) mass is 782 g/mol. The molecule has 0 aliphatic rings. The molecule has 0 aliphatic heterocycles.